The molecule has 0 bridgehead atoms. The van der Waals surface area contributed by atoms with Gasteiger partial charge in [-0.1, -0.05) is 30.3 Å². The fourth-order valence-electron chi connectivity index (χ4n) is 3.03. The van der Waals surface area contributed by atoms with Gasteiger partial charge in [0.1, 0.15) is 5.75 Å². The van der Waals surface area contributed by atoms with E-state index in [1.165, 1.54) is 20.3 Å². The maximum atomic E-state index is 13.8. The van der Waals surface area contributed by atoms with Gasteiger partial charge in [-0.15, -0.1) is 0 Å². The average molecular weight is 369 g/mol. The third kappa shape index (κ3) is 3.15. The van der Waals surface area contributed by atoms with Crippen LogP contribution in [0.15, 0.2) is 36.4 Å². The first kappa shape index (κ1) is 18.6. The molecule has 0 amide bonds. The van der Waals surface area contributed by atoms with Gasteiger partial charge in [-0.3, -0.25) is 10.1 Å². The fraction of sp³-hybridized carbons (Fsp3) is 0.389. The van der Waals surface area contributed by atoms with Crippen molar-refractivity contribution < 1.29 is 32.2 Å². The number of carbonyl (C=O) groups excluding carboxylic acids is 1. The van der Waals surface area contributed by atoms with Crippen LogP contribution >= 0.6 is 0 Å². The molecule has 5 nitrogen and oxygen atoms in total. The lowest BCUT2D eigenvalue weighted by atomic mass is 9.91. The third-order valence-corrected chi connectivity index (χ3v) is 4.40. The van der Waals surface area contributed by atoms with E-state index < -0.39 is 30.4 Å². The number of rotatable bonds is 5. The van der Waals surface area contributed by atoms with Crippen molar-refractivity contribution in [3.05, 3.63) is 42.0 Å². The van der Waals surface area contributed by atoms with Gasteiger partial charge in [-0.2, -0.15) is 13.2 Å². The molecular formula is C18H18F3NO4. The molecule has 140 valence electrons. The normalized spacial score (nSPS) is 20.3. The molecule has 1 aliphatic rings. The number of hydrogen-bond acceptors (Lipinski definition) is 5. The smallest absolute Gasteiger partial charge is 0.443 e. The molecule has 2 aromatic rings. The Morgan fingerprint density at radius 3 is 2.54 bits per heavy atom. The number of ether oxygens (including phenoxy) is 3. The molecule has 0 saturated heterocycles. The molecule has 0 aliphatic carbocycles. The summed E-state index contributed by atoms with van der Waals surface area (Å²) in [6, 6.07) is 10.0. The molecule has 26 heavy (non-hydrogen) atoms. The van der Waals surface area contributed by atoms with Crippen LogP contribution in [-0.2, 0) is 9.47 Å². The minimum atomic E-state index is -4.82. The Balaban J connectivity index is 2.02. The fourth-order valence-corrected chi connectivity index (χ4v) is 3.03. The van der Waals surface area contributed by atoms with E-state index in [0.717, 1.165) is 5.39 Å². The van der Waals surface area contributed by atoms with Crippen molar-refractivity contribution in [1.82, 2.24) is 5.32 Å². The lowest BCUT2D eigenvalue weighted by Crippen LogP contribution is -2.64. The van der Waals surface area contributed by atoms with Crippen molar-refractivity contribution in [3.8, 4) is 5.75 Å². The highest BCUT2D eigenvalue weighted by atomic mass is 19.4. The van der Waals surface area contributed by atoms with E-state index in [0.29, 0.717) is 5.39 Å². The van der Waals surface area contributed by atoms with E-state index in [-0.39, 0.29) is 17.9 Å². The Morgan fingerprint density at radius 1 is 1.19 bits per heavy atom. The number of halogens is 3. The molecule has 1 heterocycles. The number of nitrogens with one attached hydrogen (secondary N) is 1. The number of Topliss-reactive ketones (excluding diaryl/α,β-unsaturated/α-hetero) is 1. The van der Waals surface area contributed by atoms with Gasteiger partial charge in [0.2, 0.25) is 0 Å². The zero-order valence-corrected chi connectivity index (χ0v) is 14.2. The maximum Gasteiger partial charge on any atom is 0.443 e. The predicted molar refractivity (Wildman–Crippen MR) is 88.1 cm³/mol. The van der Waals surface area contributed by atoms with Crippen LogP contribution in [0.3, 0.4) is 0 Å². The van der Waals surface area contributed by atoms with Crippen molar-refractivity contribution in [1.29, 1.82) is 0 Å². The van der Waals surface area contributed by atoms with Crippen LogP contribution in [0.5, 0.6) is 5.75 Å². The molecule has 1 atom stereocenters. The van der Waals surface area contributed by atoms with Crippen molar-refractivity contribution >= 4 is 16.6 Å². The molecule has 0 radical (unpaired) electrons. The van der Waals surface area contributed by atoms with E-state index in [2.05, 4.69) is 5.32 Å². The van der Waals surface area contributed by atoms with Crippen LogP contribution in [-0.4, -0.2) is 44.7 Å². The van der Waals surface area contributed by atoms with E-state index >= 15 is 0 Å². The molecule has 0 unspecified atom stereocenters. The maximum absolute atomic E-state index is 13.8. The summed E-state index contributed by atoms with van der Waals surface area (Å²) in [4.78, 5) is 12.7. The number of hydrogen-bond donors (Lipinski definition) is 1. The minimum absolute atomic E-state index is 0.101. The number of ketones is 1. The SMILES string of the molecule is COC(CN[C@]1(C(F)(F)F)CC(=O)c2c(ccc3ccccc23)O1)OC. The second kappa shape index (κ2) is 6.86. The predicted octanol–water partition coefficient (Wildman–Crippen LogP) is 3.27. The van der Waals surface area contributed by atoms with Crippen LogP contribution in [0, 0.1) is 0 Å². The number of fused-ring (bicyclic) bond motifs is 3. The van der Waals surface area contributed by atoms with E-state index in [1.807, 2.05) is 0 Å². The van der Waals surface area contributed by atoms with Gasteiger partial charge >= 0.3 is 6.18 Å². The summed E-state index contributed by atoms with van der Waals surface area (Å²) in [6.45, 7) is -0.303. The van der Waals surface area contributed by atoms with Gasteiger partial charge in [0, 0.05) is 14.2 Å². The van der Waals surface area contributed by atoms with Gasteiger partial charge < -0.3 is 14.2 Å². The van der Waals surface area contributed by atoms with E-state index in [9.17, 15) is 18.0 Å². The summed E-state index contributed by atoms with van der Waals surface area (Å²) in [5, 5.41) is 3.60. The molecular weight excluding hydrogens is 351 g/mol. The van der Waals surface area contributed by atoms with Crippen LogP contribution < -0.4 is 10.1 Å². The summed E-state index contributed by atoms with van der Waals surface area (Å²) in [5.41, 5.74) is -2.67. The monoisotopic (exact) mass is 369 g/mol. The minimum Gasteiger partial charge on any atom is -0.462 e. The van der Waals surface area contributed by atoms with Gasteiger partial charge in [0.05, 0.1) is 18.5 Å². The van der Waals surface area contributed by atoms with Crippen molar-refractivity contribution in [2.45, 2.75) is 24.6 Å². The Labute approximate surface area is 148 Å². The average Bonchev–Trinajstić information content (AvgIpc) is 2.61. The van der Waals surface area contributed by atoms with Crippen LogP contribution in [0.25, 0.3) is 10.8 Å². The zero-order chi connectivity index (χ0) is 18.9. The topological polar surface area (TPSA) is 56.8 Å². The standard InChI is InChI=1S/C18H18F3NO4/c1-24-15(25-2)10-22-17(18(19,20)21)9-13(23)16-12-6-4-3-5-11(12)7-8-14(16)26-17/h3-8,15,22H,9-10H2,1-2H3/t17-/m1/s1. The first-order chi connectivity index (χ1) is 12.3. The molecule has 2 aromatic carbocycles. The molecule has 8 heteroatoms. The second-order valence-corrected chi connectivity index (χ2v) is 5.97. The summed E-state index contributed by atoms with van der Waals surface area (Å²) in [7, 11) is 2.62. The zero-order valence-electron chi connectivity index (χ0n) is 14.2. The highest BCUT2D eigenvalue weighted by molar-refractivity contribution is 6.11. The molecule has 0 aromatic heterocycles. The summed E-state index contributed by atoms with van der Waals surface area (Å²) in [6.07, 6.45) is -6.61. The van der Waals surface area contributed by atoms with Crippen LogP contribution in [0.4, 0.5) is 13.2 Å². The summed E-state index contributed by atoms with van der Waals surface area (Å²) >= 11 is 0. The molecule has 0 saturated carbocycles. The van der Waals surface area contributed by atoms with Gasteiger partial charge in [-0.25, -0.2) is 0 Å². The highest BCUT2D eigenvalue weighted by Crippen LogP contribution is 2.43. The molecule has 3 rings (SSSR count). The Kier molecular flexibility index (Phi) is 4.92. The van der Waals surface area contributed by atoms with Gasteiger partial charge in [0.15, 0.2) is 12.1 Å². The Hall–Kier alpha value is -2.16. The molecule has 1 aliphatic heterocycles. The lowest BCUT2D eigenvalue weighted by Gasteiger charge is -2.40. The first-order valence-corrected chi connectivity index (χ1v) is 7.92. The van der Waals surface area contributed by atoms with Crippen molar-refractivity contribution in [2.75, 3.05) is 20.8 Å². The van der Waals surface area contributed by atoms with E-state index in [4.69, 9.17) is 14.2 Å². The van der Waals surface area contributed by atoms with Gasteiger partial charge in [-0.05, 0) is 16.8 Å². The second-order valence-electron chi connectivity index (χ2n) is 5.97. The van der Waals surface area contributed by atoms with Crippen molar-refractivity contribution in [3.63, 3.8) is 0 Å². The Morgan fingerprint density at radius 2 is 1.88 bits per heavy atom. The summed E-state index contributed by atoms with van der Waals surface area (Å²) < 4.78 is 56.6. The first-order valence-electron chi connectivity index (χ1n) is 7.92. The number of benzene rings is 2. The largest absolute Gasteiger partial charge is 0.462 e. The highest BCUT2D eigenvalue weighted by Gasteiger charge is 2.60. The van der Waals surface area contributed by atoms with Gasteiger partial charge in [0.25, 0.3) is 5.72 Å². The molecule has 0 fully saturated rings. The number of alkyl halides is 3. The summed E-state index contributed by atoms with van der Waals surface area (Å²) in [5.74, 6) is -0.740. The third-order valence-electron chi connectivity index (χ3n) is 4.40. The number of carbonyl (C=O) groups is 1. The quantitative estimate of drug-likeness (QED) is 0.820. The number of methoxy groups -OCH3 is 2. The van der Waals surface area contributed by atoms with E-state index in [1.54, 1.807) is 30.3 Å². The van der Waals surface area contributed by atoms with Crippen LogP contribution in [0.2, 0.25) is 0 Å². The molecule has 0 spiro atoms. The van der Waals surface area contributed by atoms with Crippen molar-refractivity contribution in [2.24, 2.45) is 0 Å². The Bertz CT molecular complexity index is 820. The lowest BCUT2D eigenvalue weighted by molar-refractivity contribution is -0.265. The molecule has 1 N–H and O–H groups in total. The van der Waals surface area contributed by atoms with Crippen LogP contribution in [0.1, 0.15) is 16.8 Å².